The first-order valence-corrected chi connectivity index (χ1v) is 4.75. The molecule has 0 aromatic heterocycles. The van der Waals surface area contributed by atoms with Crippen LogP contribution in [0.15, 0.2) is 30.3 Å². The molecule has 0 aliphatic rings. The Bertz CT molecular complexity index is 316. The van der Waals surface area contributed by atoms with E-state index < -0.39 is 18.1 Å². The van der Waals surface area contributed by atoms with Gasteiger partial charge >= 0.3 is 5.97 Å². The van der Waals surface area contributed by atoms with E-state index in [2.05, 4.69) is 0 Å². The maximum Gasteiger partial charge on any atom is 0.325 e. The van der Waals surface area contributed by atoms with E-state index in [1.54, 1.807) is 0 Å². The monoisotopic (exact) mass is 245 g/mol. The van der Waals surface area contributed by atoms with Gasteiger partial charge in [0.1, 0.15) is 12.6 Å². The average Bonchev–Trinajstić information content (AvgIpc) is 2.26. The summed E-state index contributed by atoms with van der Waals surface area (Å²) < 4.78 is 4.93. The van der Waals surface area contributed by atoms with Crippen molar-refractivity contribution in [2.45, 2.75) is 25.7 Å². The number of halogens is 1. The predicted molar refractivity (Wildman–Crippen MR) is 63.1 cm³/mol. The van der Waals surface area contributed by atoms with E-state index in [1.807, 2.05) is 30.3 Å². The Morgan fingerprint density at radius 2 is 2.00 bits per heavy atom. The highest BCUT2D eigenvalue weighted by Crippen LogP contribution is 2.02. The van der Waals surface area contributed by atoms with E-state index >= 15 is 0 Å². The molecule has 0 heterocycles. The van der Waals surface area contributed by atoms with Gasteiger partial charge < -0.3 is 15.6 Å². The van der Waals surface area contributed by atoms with Gasteiger partial charge in [-0.3, -0.25) is 4.79 Å². The number of hydrogen-bond acceptors (Lipinski definition) is 4. The smallest absolute Gasteiger partial charge is 0.325 e. The highest BCUT2D eigenvalue weighted by atomic mass is 35.5. The third kappa shape index (κ3) is 4.61. The number of carbonyl (C=O) groups is 1. The maximum atomic E-state index is 11.3. The van der Waals surface area contributed by atoms with Crippen molar-refractivity contribution in [2.75, 3.05) is 0 Å². The lowest BCUT2D eigenvalue weighted by molar-refractivity contribution is -0.149. The van der Waals surface area contributed by atoms with Crippen LogP contribution in [0.25, 0.3) is 0 Å². The number of esters is 1. The molecule has 0 aliphatic heterocycles. The minimum Gasteiger partial charge on any atom is -0.460 e. The second-order valence-corrected chi connectivity index (χ2v) is 3.36. The van der Waals surface area contributed by atoms with E-state index in [4.69, 9.17) is 15.6 Å². The van der Waals surface area contributed by atoms with Gasteiger partial charge in [-0.25, -0.2) is 0 Å². The van der Waals surface area contributed by atoms with Crippen molar-refractivity contribution < 1.29 is 14.6 Å². The Labute approximate surface area is 101 Å². The first-order chi connectivity index (χ1) is 7.11. The largest absolute Gasteiger partial charge is 0.460 e. The Balaban J connectivity index is 0.00000225. The van der Waals surface area contributed by atoms with Crippen molar-refractivity contribution >= 4 is 18.4 Å². The minimum absolute atomic E-state index is 0. The summed E-state index contributed by atoms with van der Waals surface area (Å²) in [4.78, 5) is 11.3. The third-order valence-corrected chi connectivity index (χ3v) is 2.02. The summed E-state index contributed by atoms with van der Waals surface area (Å²) in [5.41, 5.74) is 6.29. The van der Waals surface area contributed by atoms with Crippen LogP contribution in [-0.4, -0.2) is 23.2 Å². The van der Waals surface area contributed by atoms with Crippen molar-refractivity contribution in [1.29, 1.82) is 0 Å². The molecule has 0 amide bonds. The summed E-state index contributed by atoms with van der Waals surface area (Å²) in [7, 11) is 0. The van der Waals surface area contributed by atoms with Crippen molar-refractivity contribution in [3.8, 4) is 0 Å². The van der Waals surface area contributed by atoms with Crippen LogP contribution < -0.4 is 5.73 Å². The first kappa shape index (κ1) is 14.9. The second kappa shape index (κ2) is 7.22. The van der Waals surface area contributed by atoms with Crippen molar-refractivity contribution in [3.05, 3.63) is 35.9 Å². The van der Waals surface area contributed by atoms with E-state index in [-0.39, 0.29) is 19.0 Å². The summed E-state index contributed by atoms with van der Waals surface area (Å²) in [6.45, 7) is 1.63. The van der Waals surface area contributed by atoms with E-state index in [0.717, 1.165) is 5.56 Å². The number of carbonyl (C=O) groups excluding carboxylic acids is 1. The molecule has 1 aromatic rings. The molecule has 0 bridgehead atoms. The molecule has 0 fully saturated rings. The van der Waals surface area contributed by atoms with Crippen molar-refractivity contribution in [3.63, 3.8) is 0 Å². The van der Waals surface area contributed by atoms with Gasteiger partial charge in [-0.15, -0.1) is 12.4 Å². The SMILES string of the molecule is CC(O)[C@H](N)C(=O)OCc1ccccc1.Cl. The number of aliphatic hydroxyl groups excluding tert-OH is 1. The fourth-order valence-corrected chi connectivity index (χ4v) is 1.02. The fourth-order valence-electron chi connectivity index (χ4n) is 1.02. The van der Waals surface area contributed by atoms with Crippen LogP contribution in [0.4, 0.5) is 0 Å². The highest BCUT2D eigenvalue weighted by molar-refractivity contribution is 5.85. The zero-order chi connectivity index (χ0) is 11.3. The predicted octanol–water partition coefficient (Wildman–Crippen LogP) is 0.860. The molecule has 2 atom stereocenters. The van der Waals surface area contributed by atoms with Crippen LogP contribution in [0.1, 0.15) is 12.5 Å². The molecule has 0 spiro atoms. The Morgan fingerprint density at radius 1 is 1.44 bits per heavy atom. The molecule has 16 heavy (non-hydrogen) atoms. The molecule has 5 heteroatoms. The lowest BCUT2D eigenvalue weighted by Crippen LogP contribution is -2.41. The fraction of sp³-hybridized carbons (Fsp3) is 0.364. The molecule has 3 N–H and O–H groups in total. The standard InChI is InChI=1S/C11H15NO3.ClH/c1-8(13)10(12)11(14)15-7-9-5-3-2-4-6-9;/h2-6,8,10,13H,7,12H2,1H3;1H/t8?,10-;/m0./s1. The van der Waals surface area contributed by atoms with Crippen LogP contribution in [0.3, 0.4) is 0 Å². The van der Waals surface area contributed by atoms with Gasteiger partial charge in [0, 0.05) is 0 Å². The summed E-state index contributed by atoms with van der Waals surface area (Å²) in [5.74, 6) is -0.589. The average molecular weight is 246 g/mol. The Kier molecular flexibility index (Phi) is 6.72. The summed E-state index contributed by atoms with van der Waals surface area (Å²) >= 11 is 0. The first-order valence-electron chi connectivity index (χ1n) is 4.75. The molecule has 0 saturated carbocycles. The molecule has 0 aliphatic carbocycles. The van der Waals surface area contributed by atoms with Gasteiger partial charge in [0.25, 0.3) is 0 Å². The van der Waals surface area contributed by atoms with Crippen LogP contribution >= 0.6 is 12.4 Å². The minimum atomic E-state index is -0.978. The quantitative estimate of drug-likeness (QED) is 0.772. The van der Waals surface area contributed by atoms with Gasteiger partial charge in [0.05, 0.1) is 6.10 Å². The lowest BCUT2D eigenvalue weighted by Gasteiger charge is -2.13. The van der Waals surface area contributed by atoms with Gasteiger partial charge in [-0.2, -0.15) is 0 Å². The highest BCUT2D eigenvalue weighted by Gasteiger charge is 2.19. The Hall–Kier alpha value is -1.10. The maximum absolute atomic E-state index is 11.3. The van der Waals surface area contributed by atoms with Gasteiger partial charge in [0.2, 0.25) is 0 Å². The normalized spacial score (nSPS) is 13.4. The second-order valence-electron chi connectivity index (χ2n) is 3.36. The van der Waals surface area contributed by atoms with E-state index in [1.165, 1.54) is 6.92 Å². The van der Waals surface area contributed by atoms with Gasteiger partial charge in [-0.05, 0) is 12.5 Å². The van der Waals surface area contributed by atoms with Gasteiger partial charge in [0.15, 0.2) is 0 Å². The van der Waals surface area contributed by atoms with Crippen LogP contribution in [0.5, 0.6) is 0 Å². The van der Waals surface area contributed by atoms with Gasteiger partial charge in [-0.1, -0.05) is 30.3 Å². The zero-order valence-corrected chi connectivity index (χ0v) is 9.81. The van der Waals surface area contributed by atoms with Crippen molar-refractivity contribution in [1.82, 2.24) is 0 Å². The van der Waals surface area contributed by atoms with E-state index in [9.17, 15) is 4.79 Å². The molecule has 1 rings (SSSR count). The number of aliphatic hydroxyl groups is 1. The Morgan fingerprint density at radius 3 is 2.50 bits per heavy atom. The topological polar surface area (TPSA) is 72.5 Å². The molecule has 0 radical (unpaired) electrons. The molecular formula is C11H16ClNO3. The summed E-state index contributed by atoms with van der Waals surface area (Å²) in [6, 6.07) is 8.32. The molecular weight excluding hydrogens is 230 g/mol. The number of rotatable bonds is 4. The van der Waals surface area contributed by atoms with Crippen LogP contribution in [-0.2, 0) is 16.1 Å². The summed E-state index contributed by atoms with van der Waals surface area (Å²) in [5, 5.41) is 9.06. The van der Waals surface area contributed by atoms with Crippen molar-refractivity contribution in [2.24, 2.45) is 5.73 Å². The number of benzene rings is 1. The summed E-state index contributed by atoms with van der Waals surface area (Å²) in [6.07, 6.45) is -0.895. The van der Waals surface area contributed by atoms with E-state index in [0.29, 0.717) is 0 Å². The van der Waals surface area contributed by atoms with Crippen LogP contribution in [0.2, 0.25) is 0 Å². The molecule has 1 aromatic carbocycles. The third-order valence-electron chi connectivity index (χ3n) is 2.02. The number of ether oxygens (including phenoxy) is 1. The zero-order valence-electron chi connectivity index (χ0n) is 9.00. The molecule has 90 valence electrons. The number of hydrogen-bond donors (Lipinski definition) is 2. The molecule has 0 saturated heterocycles. The molecule has 1 unspecified atom stereocenters. The number of nitrogens with two attached hydrogens (primary N) is 1. The lowest BCUT2D eigenvalue weighted by atomic mass is 10.2. The molecule has 4 nitrogen and oxygen atoms in total. The van der Waals surface area contributed by atoms with Crippen LogP contribution in [0, 0.1) is 0 Å².